The Hall–Kier alpha value is -2.84. The summed E-state index contributed by atoms with van der Waals surface area (Å²) in [4.78, 5) is 8.55. The van der Waals surface area contributed by atoms with Gasteiger partial charge in [0.2, 0.25) is 0 Å². The molecule has 0 radical (unpaired) electrons. The average Bonchev–Trinajstić information content (AvgIpc) is 3.27. The Morgan fingerprint density at radius 3 is 2.86 bits per heavy atom. The summed E-state index contributed by atoms with van der Waals surface area (Å²) in [5.74, 6) is -0.402. The number of hydrogen-bond acceptors (Lipinski definition) is 5. The van der Waals surface area contributed by atoms with Gasteiger partial charge in [0.05, 0.1) is 41.2 Å². The summed E-state index contributed by atoms with van der Waals surface area (Å²) in [7, 11) is 0. The molecule has 1 atom stereocenters. The number of hydrogen-bond donors (Lipinski definition) is 1. The molecule has 5 heterocycles. The van der Waals surface area contributed by atoms with Gasteiger partial charge in [-0.1, -0.05) is 11.6 Å². The lowest BCUT2D eigenvalue weighted by molar-refractivity contribution is -0.0883. The number of fused-ring (bicyclic) bond motifs is 2. The summed E-state index contributed by atoms with van der Waals surface area (Å²) in [6.07, 6.45) is 2.87. The Morgan fingerprint density at radius 1 is 1.28 bits per heavy atom. The van der Waals surface area contributed by atoms with Crippen LogP contribution in [-0.2, 0) is 11.3 Å². The van der Waals surface area contributed by atoms with E-state index in [-0.39, 0.29) is 11.6 Å². The fraction of sp³-hybridized carbons (Fsp3) is 0.300. The number of aromatic amines is 1. The molecule has 0 bridgehead atoms. The molecule has 1 unspecified atom stereocenters. The van der Waals surface area contributed by atoms with Gasteiger partial charge in [-0.15, -0.1) is 0 Å². The first-order valence-electron chi connectivity index (χ1n) is 9.23. The number of H-pyrrole nitrogens is 1. The van der Waals surface area contributed by atoms with Crippen LogP contribution in [0.2, 0.25) is 5.15 Å². The summed E-state index contributed by atoms with van der Waals surface area (Å²) in [5.41, 5.74) is 3.90. The van der Waals surface area contributed by atoms with Crippen LogP contribution in [0, 0.1) is 5.82 Å². The van der Waals surface area contributed by atoms with Crippen molar-refractivity contribution in [2.75, 3.05) is 0 Å². The predicted octanol–water partition coefficient (Wildman–Crippen LogP) is 4.55. The maximum absolute atomic E-state index is 13.5. The van der Waals surface area contributed by atoms with Crippen molar-refractivity contribution >= 4 is 22.6 Å². The molecule has 0 spiro atoms. The number of rotatable bonds is 2. The predicted molar refractivity (Wildman–Crippen MR) is 107 cm³/mol. The average molecular weight is 413 g/mol. The summed E-state index contributed by atoms with van der Waals surface area (Å²) >= 11 is 6.39. The fourth-order valence-electron chi connectivity index (χ4n) is 3.69. The maximum Gasteiger partial charge on any atom is 0.183 e. The van der Waals surface area contributed by atoms with E-state index >= 15 is 0 Å². The van der Waals surface area contributed by atoms with Gasteiger partial charge in [0.15, 0.2) is 5.65 Å². The Kier molecular flexibility index (Phi) is 3.97. The van der Waals surface area contributed by atoms with Crippen molar-refractivity contribution in [3.8, 4) is 22.5 Å². The van der Waals surface area contributed by atoms with E-state index in [9.17, 15) is 4.39 Å². The van der Waals surface area contributed by atoms with Gasteiger partial charge in [0.25, 0.3) is 0 Å². The maximum atomic E-state index is 13.5. The molecule has 0 aromatic carbocycles. The van der Waals surface area contributed by atoms with Crippen molar-refractivity contribution in [3.63, 3.8) is 0 Å². The second kappa shape index (κ2) is 6.33. The van der Waals surface area contributed by atoms with Crippen LogP contribution in [0.5, 0.6) is 0 Å². The van der Waals surface area contributed by atoms with Gasteiger partial charge >= 0.3 is 0 Å². The monoisotopic (exact) mass is 412 g/mol. The van der Waals surface area contributed by atoms with Crippen molar-refractivity contribution in [3.05, 3.63) is 47.3 Å². The van der Waals surface area contributed by atoms with Gasteiger partial charge in [0, 0.05) is 17.3 Å². The molecule has 4 aromatic rings. The minimum absolute atomic E-state index is 0.0173. The third-order valence-electron chi connectivity index (χ3n) is 5.61. The van der Waals surface area contributed by atoms with Crippen LogP contribution in [0.15, 0.2) is 30.6 Å². The summed E-state index contributed by atoms with van der Waals surface area (Å²) in [5, 5.41) is 12.9. The standard InChI is InChI=1S/C20H18ClFN6O/c1-10-20(2,3)29-9-14-15(12-6-7-23-19-16(12)18(21)25-26-19)17(27-28(10)14)13-5-4-11(22)8-24-13/h4-8,10H,9H2,1-3H3,(H,23,25,26). The van der Waals surface area contributed by atoms with E-state index in [1.807, 2.05) is 24.6 Å². The molecule has 0 aliphatic carbocycles. The van der Waals surface area contributed by atoms with Crippen LogP contribution in [0.25, 0.3) is 33.5 Å². The molecule has 148 valence electrons. The van der Waals surface area contributed by atoms with Crippen molar-refractivity contribution in [2.24, 2.45) is 0 Å². The zero-order chi connectivity index (χ0) is 20.3. The lowest BCUT2D eigenvalue weighted by Crippen LogP contribution is -2.40. The third-order valence-corrected chi connectivity index (χ3v) is 5.89. The minimum Gasteiger partial charge on any atom is -0.367 e. The van der Waals surface area contributed by atoms with E-state index in [1.54, 1.807) is 12.3 Å². The van der Waals surface area contributed by atoms with Crippen LogP contribution in [0.4, 0.5) is 4.39 Å². The van der Waals surface area contributed by atoms with Crippen molar-refractivity contribution in [2.45, 2.75) is 39.0 Å². The van der Waals surface area contributed by atoms with Crippen molar-refractivity contribution in [1.82, 2.24) is 29.9 Å². The van der Waals surface area contributed by atoms with E-state index < -0.39 is 5.82 Å². The zero-order valence-electron chi connectivity index (χ0n) is 16.1. The number of aromatic nitrogens is 6. The zero-order valence-corrected chi connectivity index (χ0v) is 16.8. The second-order valence-electron chi connectivity index (χ2n) is 7.64. The summed E-state index contributed by atoms with van der Waals surface area (Å²) in [6, 6.07) is 4.86. The van der Waals surface area contributed by atoms with Crippen LogP contribution in [0.3, 0.4) is 0 Å². The van der Waals surface area contributed by atoms with E-state index in [1.165, 1.54) is 12.3 Å². The highest BCUT2D eigenvalue weighted by Crippen LogP contribution is 2.43. The molecule has 0 saturated carbocycles. The first-order valence-corrected chi connectivity index (χ1v) is 9.61. The quantitative estimate of drug-likeness (QED) is 0.522. The molecule has 0 amide bonds. The molecule has 0 fully saturated rings. The van der Waals surface area contributed by atoms with Gasteiger partial charge < -0.3 is 4.74 Å². The summed E-state index contributed by atoms with van der Waals surface area (Å²) in [6.45, 7) is 6.51. The molecule has 9 heteroatoms. The Morgan fingerprint density at radius 2 is 2.10 bits per heavy atom. The van der Waals surface area contributed by atoms with Gasteiger partial charge in [-0.2, -0.15) is 10.2 Å². The van der Waals surface area contributed by atoms with Crippen LogP contribution < -0.4 is 0 Å². The first kappa shape index (κ1) is 18.2. The number of halogens is 2. The van der Waals surface area contributed by atoms with E-state index in [0.29, 0.717) is 34.2 Å². The third kappa shape index (κ3) is 2.74. The minimum atomic E-state index is -0.402. The van der Waals surface area contributed by atoms with Gasteiger partial charge in [0.1, 0.15) is 16.7 Å². The normalized spacial score (nSPS) is 18.2. The van der Waals surface area contributed by atoms with E-state index in [4.69, 9.17) is 21.4 Å². The molecule has 4 aromatic heterocycles. The highest BCUT2D eigenvalue weighted by molar-refractivity contribution is 6.35. The van der Waals surface area contributed by atoms with E-state index in [0.717, 1.165) is 16.8 Å². The number of pyridine rings is 2. The lowest BCUT2D eigenvalue weighted by atomic mass is 9.95. The van der Waals surface area contributed by atoms with Gasteiger partial charge in [-0.05, 0) is 39.0 Å². The van der Waals surface area contributed by atoms with Crippen molar-refractivity contribution in [1.29, 1.82) is 0 Å². The Labute approximate surface area is 170 Å². The van der Waals surface area contributed by atoms with Crippen LogP contribution in [0.1, 0.15) is 32.5 Å². The SMILES string of the molecule is CC1n2nc(-c3ccc(F)cn3)c(-c3ccnc4n[nH]c(Cl)c34)c2COC1(C)C. The lowest BCUT2D eigenvalue weighted by Gasteiger charge is -2.37. The largest absolute Gasteiger partial charge is 0.367 e. The molecule has 5 rings (SSSR count). The fourth-order valence-corrected chi connectivity index (χ4v) is 3.92. The highest BCUT2D eigenvalue weighted by atomic mass is 35.5. The van der Waals surface area contributed by atoms with Crippen LogP contribution in [-0.4, -0.2) is 35.5 Å². The van der Waals surface area contributed by atoms with Crippen LogP contribution >= 0.6 is 11.6 Å². The first-order chi connectivity index (χ1) is 13.9. The second-order valence-corrected chi connectivity index (χ2v) is 8.02. The molecular weight excluding hydrogens is 395 g/mol. The smallest absolute Gasteiger partial charge is 0.183 e. The van der Waals surface area contributed by atoms with Gasteiger partial charge in [-0.3, -0.25) is 14.8 Å². The molecule has 1 aliphatic heterocycles. The number of ether oxygens (including phenoxy) is 1. The molecule has 1 aliphatic rings. The molecule has 0 saturated heterocycles. The van der Waals surface area contributed by atoms with Gasteiger partial charge in [-0.25, -0.2) is 9.37 Å². The summed E-state index contributed by atoms with van der Waals surface area (Å²) < 4.78 is 21.6. The van der Waals surface area contributed by atoms with E-state index in [2.05, 4.69) is 27.1 Å². The molecule has 7 nitrogen and oxygen atoms in total. The molecular formula is C20H18ClFN6O. The number of nitrogens with one attached hydrogen (secondary N) is 1. The Bertz CT molecular complexity index is 1230. The number of nitrogens with zero attached hydrogens (tertiary/aromatic N) is 5. The Balaban J connectivity index is 1.84. The highest BCUT2D eigenvalue weighted by Gasteiger charge is 2.38. The van der Waals surface area contributed by atoms with Crippen molar-refractivity contribution < 1.29 is 9.13 Å². The molecule has 29 heavy (non-hydrogen) atoms. The topological polar surface area (TPSA) is 81.5 Å². The molecule has 1 N–H and O–H groups in total.